The molecule has 1 aromatic carbocycles. The normalized spacial score (nSPS) is 18.5. The maximum atomic E-state index is 12.7. The molecule has 2 rings (SSSR count). The number of carbonyl (C=O) groups excluding carboxylic acids is 1. The van der Waals surface area contributed by atoms with Gasteiger partial charge in [0.2, 0.25) is 5.91 Å². The monoisotopic (exact) mass is 331 g/mol. The van der Waals surface area contributed by atoms with E-state index in [2.05, 4.69) is 52.4 Å². The standard InChI is InChI=1S/C20H33N3O/c1-3-14-23(20(24)12-7-13-21-2)19-11-8-15-22(17-19)16-18-9-5-4-6-10-18/h4-6,9-10,19,21H,3,7-8,11-17H2,1-2H3. The average Bonchev–Trinajstić information content (AvgIpc) is 2.61. The number of carbonyl (C=O) groups is 1. The molecule has 0 bridgehead atoms. The smallest absolute Gasteiger partial charge is 0.222 e. The number of amides is 1. The quantitative estimate of drug-likeness (QED) is 0.707. The van der Waals surface area contributed by atoms with Crippen molar-refractivity contribution in [2.45, 2.75) is 51.6 Å². The lowest BCUT2D eigenvalue weighted by Gasteiger charge is -2.39. The van der Waals surface area contributed by atoms with Gasteiger partial charge in [0.1, 0.15) is 0 Å². The van der Waals surface area contributed by atoms with Crippen molar-refractivity contribution in [2.75, 3.05) is 33.2 Å². The Balaban J connectivity index is 1.92. The summed E-state index contributed by atoms with van der Waals surface area (Å²) in [6, 6.07) is 11.0. The van der Waals surface area contributed by atoms with Gasteiger partial charge in [0.05, 0.1) is 0 Å². The summed E-state index contributed by atoms with van der Waals surface area (Å²) in [6.07, 6.45) is 4.95. The first-order chi connectivity index (χ1) is 11.7. The Morgan fingerprint density at radius 1 is 1.33 bits per heavy atom. The molecule has 1 saturated heterocycles. The van der Waals surface area contributed by atoms with Crippen LogP contribution >= 0.6 is 0 Å². The summed E-state index contributed by atoms with van der Waals surface area (Å²) in [6.45, 7) is 7.11. The van der Waals surface area contributed by atoms with Gasteiger partial charge < -0.3 is 10.2 Å². The van der Waals surface area contributed by atoms with Crippen molar-refractivity contribution in [3.8, 4) is 0 Å². The van der Waals surface area contributed by atoms with E-state index in [0.29, 0.717) is 18.4 Å². The predicted octanol–water partition coefficient (Wildman–Crippen LogP) is 2.89. The molecule has 1 aromatic rings. The van der Waals surface area contributed by atoms with E-state index < -0.39 is 0 Å². The fraction of sp³-hybridized carbons (Fsp3) is 0.650. The van der Waals surface area contributed by atoms with Crippen molar-refractivity contribution in [3.05, 3.63) is 35.9 Å². The Hall–Kier alpha value is -1.39. The second kappa shape index (κ2) is 10.5. The van der Waals surface area contributed by atoms with Crippen LogP contribution in [-0.4, -0.2) is 55.0 Å². The summed E-state index contributed by atoms with van der Waals surface area (Å²) >= 11 is 0. The molecule has 1 fully saturated rings. The van der Waals surface area contributed by atoms with Crippen LogP contribution in [-0.2, 0) is 11.3 Å². The van der Waals surface area contributed by atoms with Gasteiger partial charge in [-0.3, -0.25) is 9.69 Å². The van der Waals surface area contributed by atoms with E-state index in [0.717, 1.165) is 52.0 Å². The maximum absolute atomic E-state index is 12.7. The van der Waals surface area contributed by atoms with Gasteiger partial charge in [-0.1, -0.05) is 37.3 Å². The van der Waals surface area contributed by atoms with E-state index in [-0.39, 0.29) is 0 Å². The summed E-state index contributed by atoms with van der Waals surface area (Å²) < 4.78 is 0. The SMILES string of the molecule is CCCN(C(=O)CCCNC)C1CCCN(Cc2ccccc2)C1. The minimum atomic E-state index is 0.332. The maximum Gasteiger partial charge on any atom is 0.222 e. The molecule has 1 unspecified atom stereocenters. The largest absolute Gasteiger partial charge is 0.338 e. The number of nitrogens with one attached hydrogen (secondary N) is 1. The fourth-order valence-corrected chi connectivity index (χ4v) is 3.58. The second-order valence-corrected chi connectivity index (χ2v) is 6.81. The summed E-state index contributed by atoms with van der Waals surface area (Å²) in [5.41, 5.74) is 1.36. The lowest BCUT2D eigenvalue weighted by molar-refractivity contribution is -0.134. The van der Waals surface area contributed by atoms with Gasteiger partial charge in [-0.15, -0.1) is 0 Å². The Morgan fingerprint density at radius 3 is 2.83 bits per heavy atom. The van der Waals surface area contributed by atoms with E-state index in [1.54, 1.807) is 0 Å². The Bertz CT molecular complexity index is 477. The van der Waals surface area contributed by atoms with E-state index in [1.165, 1.54) is 12.0 Å². The number of rotatable bonds is 9. The van der Waals surface area contributed by atoms with E-state index >= 15 is 0 Å². The molecule has 1 amide bonds. The van der Waals surface area contributed by atoms with Gasteiger partial charge in [-0.25, -0.2) is 0 Å². The van der Waals surface area contributed by atoms with E-state index in [4.69, 9.17) is 0 Å². The lowest BCUT2D eigenvalue weighted by Crippen LogP contribution is -2.50. The van der Waals surface area contributed by atoms with Gasteiger partial charge in [-0.2, -0.15) is 0 Å². The predicted molar refractivity (Wildman–Crippen MR) is 99.9 cm³/mol. The topological polar surface area (TPSA) is 35.6 Å². The van der Waals surface area contributed by atoms with Crippen LogP contribution in [0.15, 0.2) is 30.3 Å². The van der Waals surface area contributed by atoms with E-state index in [9.17, 15) is 4.79 Å². The van der Waals surface area contributed by atoms with Crippen LogP contribution in [0.2, 0.25) is 0 Å². The molecule has 0 spiro atoms. The van der Waals surface area contributed by atoms with Crippen LogP contribution in [0.25, 0.3) is 0 Å². The number of piperidine rings is 1. The van der Waals surface area contributed by atoms with Crippen LogP contribution in [0.3, 0.4) is 0 Å². The minimum absolute atomic E-state index is 0.332. The number of nitrogens with zero attached hydrogens (tertiary/aromatic N) is 2. The highest BCUT2D eigenvalue weighted by molar-refractivity contribution is 5.76. The first-order valence-corrected chi connectivity index (χ1v) is 9.45. The first-order valence-electron chi connectivity index (χ1n) is 9.45. The van der Waals surface area contributed by atoms with Gasteiger partial charge in [-0.05, 0) is 51.4 Å². The van der Waals surface area contributed by atoms with Crippen molar-refractivity contribution < 1.29 is 4.79 Å². The molecule has 4 nitrogen and oxygen atoms in total. The Kier molecular flexibility index (Phi) is 8.26. The summed E-state index contributed by atoms with van der Waals surface area (Å²) in [4.78, 5) is 17.3. The molecule has 1 aliphatic heterocycles. The van der Waals surface area contributed by atoms with Crippen molar-refractivity contribution in [2.24, 2.45) is 0 Å². The zero-order chi connectivity index (χ0) is 17.2. The molecule has 134 valence electrons. The summed E-state index contributed by atoms with van der Waals surface area (Å²) in [7, 11) is 1.94. The Morgan fingerprint density at radius 2 is 2.12 bits per heavy atom. The van der Waals surface area contributed by atoms with Crippen LogP contribution in [0.4, 0.5) is 0 Å². The third kappa shape index (κ3) is 5.91. The molecule has 1 atom stereocenters. The van der Waals surface area contributed by atoms with Crippen LogP contribution in [0.1, 0.15) is 44.6 Å². The van der Waals surface area contributed by atoms with Gasteiger partial charge in [0, 0.05) is 32.1 Å². The molecule has 4 heteroatoms. The molecular formula is C20H33N3O. The molecule has 0 saturated carbocycles. The highest BCUT2D eigenvalue weighted by Crippen LogP contribution is 2.19. The van der Waals surface area contributed by atoms with Crippen LogP contribution < -0.4 is 5.32 Å². The van der Waals surface area contributed by atoms with Crippen LogP contribution in [0, 0.1) is 0 Å². The highest BCUT2D eigenvalue weighted by atomic mass is 16.2. The van der Waals surface area contributed by atoms with Gasteiger partial charge in [0.15, 0.2) is 0 Å². The van der Waals surface area contributed by atoms with Crippen molar-refractivity contribution >= 4 is 5.91 Å². The number of likely N-dealkylation sites (tertiary alicyclic amines) is 1. The zero-order valence-electron chi connectivity index (χ0n) is 15.3. The molecule has 1 N–H and O–H groups in total. The number of hydrogen-bond donors (Lipinski definition) is 1. The average molecular weight is 332 g/mol. The molecular weight excluding hydrogens is 298 g/mol. The van der Waals surface area contributed by atoms with Crippen molar-refractivity contribution in [1.29, 1.82) is 0 Å². The first kappa shape index (κ1) is 18.9. The van der Waals surface area contributed by atoms with Gasteiger partial charge >= 0.3 is 0 Å². The summed E-state index contributed by atoms with van der Waals surface area (Å²) in [5.74, 6) is 0.332. The molecule has 0 aliphatic carbocycles. The van der Waals surface area contributed by atoms with E-state index in [1.807, 2.05) is 7.05 Å². The number of benzene rings is 1. The molecule has 0 aromatic heterocycles. The second-order valence-electron chi connectivity index (χ2n) is 6.81. The third-order valence-corrected chi connectivity index (χ3v) is 4.77. The zero-order valence-corrected chi connectivity index (χ0v) is 15.3. The van der Waals surface area contributed by atoms with Crippen molar-refractivity contribution in [3.63, 3.8) is 0 Å². The molecule has 0 radical (unpaired) electrons. The lowest BCUT2D eigenvalue weighted by atomic mass is 10.0. The highest BCUT2D eigenvalue weighted by Gasteiger charge is 2.27. The Labute approximate surface area is 147 Å². The fourth-order valence-electron chi connectivity index (χ4n) is 3.58. The molecule has 1 heterocycles. The van der Waals surface area contributed by atoms with Gasteiger partial charge in [0.25, 0.3) is 0 Å². The van der Waals surface area contributed by atoms with Crippen molar-refractivity contribution in [1.82, 2.24) is 15.1 Å². The minimum Gasteiger partial charge on any atom is -0.338 e. The molecule has 24 heavy (non-hydrogen) atoms. The summed E-state index contributed by atoms with van der Waals surface area (Å²) in [5, 5.41) is 3.13. The third-order valence-electron chi connectivity index (χ3n) is 4.77. The number of hydrogen-bond acceptors (Lipinski definition) is 3. The molecule has 1 aliphatic rings. The van der Waals surface area contributed by atoms with Crippen LogP contribution in [0.5, 0.6) is 0 Å².